The van der Waals surface area contributed by atoms with Gasteiger partial charge in [-0.3, -0.25) is 4.79 Å². The molecule has 0 aliphatic carbocycles. The van der Waals surface area contributed by atoms with Crippen LogP contribution in [0, 0.1) is 0 Å². The number of rotatable bonds is 4. The minimum Gasteiger partial charge on any atom is -0.374 e. The van der Waals surface area contributed by atoms with Crippen molar-refractivity contribution in [3.8, 4) is 0 Å². The molecular weight excluding hydrogens is 144 g/mol. The summed E-state index contributed by atoms with van der Waals surface area (Å²) in [4.78, 5) is 10.4. The highest BCUT2D eigenvalue weighted by Crippen LogP contribution is 1.83. The van der Waals surface area contributed by atoms with Gasteiger partial charge in [-0.25, -0.2) is 0 Å². The van der Waals surface area contributed by atoms with Crippen molar-refractivity contribution in [1.29, 1.82) is 0 Å². The van der Waals surface area contributed by atoms with Gasteiger partial charge in [0.25, 0.3) is 0 Å². The average molecular weight is 158 g/mol. The van der Waals surface area contributed by atoms with Gasteiger partial charge in [0, 0.05) is 12.6 Å². The third-order valence-electron chi connectivity index (χ3n) is 0.964. The minimum absolute atomic E-state index is 0.112. The number of hydrogen-bond donors (Lipinski definition) is 3. The molecule has 0 aromatic rings. The van der Waals surface area contributed by atoms with E-state index in [1.54, 1.807) is 6.92 Å². The molecule has 0 saturated heterocycles. The van der Waals surface area contributed by atoms with Crippen molar-refractivity contribution in [1.82, 2.24) is 10.6 Å². The molecule has 0 bridgehead atoms. The maximum atomic E-state index is 10.4. The second kappa shape index (κ2) is 4.73. The summed E-state index contributed by atoms with van der Waals surface area (Å²) in [5.74, 6) is -0.112. The smallest absolute Gasteiger partial charge is 0.217 e. The van der Waals surface area contributed by atoms with E-state index in [1.807, 2.05) is 0 Å². The summed E-state index contributed by atoms with van der Waals surface area (Å²) in [5, 5.41) is 14.0. The molecule has 4 heteroatoms. The Morgan fingerprint density at radius 2 is 2.27 bits per heavy atom. The second-order valence-corrected chi connectivity index (χ2v) is 2.33. The SMILES string of the molecule is C=C(CNC(C)=O)NC(C)O. The highest BCUT2D eigenvalue weighted by Gasteiger charge is 1.97. The lowest BCUT2D eigenvalue weighted by Crippen LogP contribution is -2.32. The van der Waals surface area contributed by atoms with E-state index in [0.717, 1.165) is 0 Å². The van der Waals surface area contributed by atoms with E-state index in [4.69, 9.17) is 5.11 Å². The summed E-state index contributed by atoms with van der Waals surface area (Å²) in [6, 6.07) is 0. The molecule has 0 aliphatic heterocycles. The van der Waals surface area contributed by atoms with Crippen LogP contribution in [0.5, 0.6) is 0 Å². The van der Waals surface area contributed by atoms with Gasteiger partial charge >= 0.3 is 0 Å². The molecule has 0 spiro atoms. The Morgan fingerprint density at radius 1 is 1.73 bits per heavy atom. The third kappa shape index (κ3) is 6.86. The van der Waals surface area contributed by atoms with Crippen LogP contribution in [-0.4, -0.2) is 23.8 Å². The first-order chi connectivity index (χ1) is 5.02. The van der Waals surface area contributed by atoms with Crippen LogP contribution in [0.1, 0.15) is 13.8 Å². The molecule has 3 N–H and O–H groups in total. The number of nitrogens with one attached hydrogen (secondary N) is 2. The fourth-order valence-electron chi connectivity index (χ4n) is 0.578. The van der Waals surface area contributed by atoms with Crippen molar-refractivity contribution in [2.75, 3.05) is 6.54 Å². The number of carbonyl (C=O) groups is 1. The average Bonchev–Trinajstić information content (AvgIpc) is 1.82. The molecule has 1 amide bonds. The first-order valence-electron chi connectivity index (χ1n) is 3.39. The fourth-order valence-corrected chi connectivity index (χ4v) is 0.578. The molecule has 0 saturated carbocycles. The molecule has 0 radical (unpaired) electrons. The summed E-state index contributed by atoms with van der Waals surface area (Å²) in [6.45, 7) is 6.94. The quantitative estimate of drug-likeness (QED) is 0.486. The molecule has 0 fully saturated rings. The molecule has 1 unspecified atom stereocenters. The minimum atomic E-state index is -0.628. The van der Waals surface area contributed by atoms with Crippen molar-refractivity contribution < 1.29 is 9.90 Å². The maximum absolute atomic E-state index is 10.4. The number of aliphatic hydroxyl groups is 1. The summed E-state index contributed by atoms with van der Waals surface area (Å²) in [6.07, 6.45) is -0.628. The normalized spacial score (nSPS) is 11.9. The number of aliphatic hydroxyl groups excluding tert-OH is 1. The zero-order chi connectivity index (χ0) is 8.85. The molecule has 0 aliphatic rings. The van der Waals surface area contributed by atoms with Crippen molar-refractivity contribution in [3.63, 3.8) is 0 Å². The van der Waals surface area contributed by atoms with E-state index in [1.165, 1.54) is 6.92 Å². The molecule has 4 nitrogen and oxygen atoms in total. The molecule has 11 heavy (non-hydrogen) atoms. The summed E-state index contributed by atoms with van der Waals surface area (Å²) in [5.41, 5.74) is 0.593. The van der Waals surface area contributed by atoms with Crippen LogP contribution in [0.2, 0.25) is 0 Å². The maximum Gasteiger partial charge on any atom is 0.217 e. The monoisotopic (exact) mass is 158 g/mol. The second-order valence-electron chi connectivity index (χ2n) is 2.33. The summed E-state index contributed by atoms with van der Waals surface area (Å²) >= 11 is 0. The Kier molecular flexibility index (Phi) is 4.29. The highest BCUT2D eigenvalue weighted by atomic mass is 16.3. The van der Waals surface area contributed by atoms with Crippen LogP contribution >= 0.6 is 0 Å². The van der Waals surface area contributed by atoms with Gasteiger partial charge in [0.2, 0.25) is 5.91 Å². The van der Waals surface area contributed by atoms with Gasteiger partial charge in [0.1, 0.15) is 6.23 Å². The summed E-state index contributed by atoms with van der Waals surface area (Å²) in [7, 11) is 0. The van der Waals surface area contributed by atoms with Crippen molar-refractivity contribution in [2.45, 2.75) is 20.1 Å². The highest BCUT2D eigenvalue weighted by molar-refractivity contribution is 5.73. The third-order valence-corrected chi connectivity index (χ3v) is 0.964. The number of carbonyl (C=O) groups excluding carboxylic acids is 1. The van der Waals surface area contributed by atoms with Crippen LogP contribution in [0.3, 0.4) is 0 Å². The van der Waals surface area contributed by atoms with Crippen molar-refractivity contribution in [3.05, 3.63) is 12.3 Å². The molecule has 0 aromatic heterocycles. The van der Waals surface area contributed by atoms with Crippen LogP contribution < -0.4 is 10.6 Å². The van der Waals surface area contributed by atoms with Gasteiger partial charge in [0.15, 0.2) is 0 Å². The van der Waals surface area contributed by atoms with Crippen LogP contribution in [0.25, 0.3) is 0 Å². The first kappa shape index (κ1) is 9.97. The Hall–Kier alpha value is -1.03. The van der Waals surface area contributed by atoms with E-state index in [-0.39, 0.29) is 5.91 Å². The van der Waals surface area contributed by atoms with Gasteiger partial charge < -0.3 is 15.7 Å². The Bertz CT molecular complexity index is 155. The van der Waals surface area contributed by atoms with E-state index in [2.05, 4.69) is 17.2 Å². The predicted octanol–water partition coefficient (Wildman–Crippen LogP) is -0.436. The lowest BCUT2D eigenvalue weighted by Gasteiger charge is -2.11. The predicted molar refractivity (Wildman–Crippen MR) is 42.6 cm³/mol. The lowest BCUT2D eigenvalue weighted by molar-refractivity contribution is -0.118. The van der Waals surface area contributed by atoms with E-state index in [9.17, 15) is 4.79 Å². The molecule has 1 atom stereocenters. The van der Waals surface area contributed by atoms with Crippen molar-refractivity contribution in [2.24, 2.45) is 0 Å². The Labute approximate surface area is 66.3 Å². The largest absolute Gasteiger partial charge is 0.374 e. The van der Waals surface area contributed by atoms with Gasteiger partial charge in [-0.1, -0.05) is 6.58 Å². The number of hydrogen-bond acceptors (Lipinski definition) is 3. The topological polar surface area (TPSA) is 61.4 Å². The summed E-state index contributed by atoms with van der Waals surface area (Å²) < 4.78 is 0. The van der Waals surface area contributed by atoms with E-state index < -0.39 is 6.23 Å². The zero-order valence-electron chi connectivity index (χ0n) is 6.85. The van der Waals surface area contributed by atoms with Gasteiger partial charge in [0.05, 0.1) is 6.54 Å². The fraction of sp³-hybridized carbons (Fsp3) is 0.571. The Morgan fingerprint density at radius 3 is 2.64 bits per heavy atom. The van der Waals surface area contributed by atoms with Crippen LogP contribution in [-0.2, 0) is 4.79 Å². The van der Waals surface area contributed by atoms with E-state index in [0.29, 0.717) is 12.2 Å². The zero-order valence-corrected chi connectivity index (χ0v) is 6.85. The Balaban J connectivity index is 3.45. The molecule has 0 aromatic carbocycles. The van der Waals surface area contributed by atoms with Crippen LogP contribution in [0.4, 0.5) is 0 Å². The van der Waals surface area contributed by atoms with Crippen molar-refractivity contribution >= 4 is 5.91 Å². The molecule has 64 valence electrons. The molecule has 0 rings (SSSR count). The molecule has 0 heterocycles. The van der Waals surface area contributed by atoms with Gasteiger partial charge in [-0.2, -0.15) is 0 Å². The lowest BCUT2D eigenvalue weighted by atomic mass is 10.4. The standard InChI is InChI=1S/C7H14N2O2/c1-5(9-7(3)11)4-8-6(2)10/h7,9,11H,1,4H2,2-3H3,(H,8,10). The van der Waals surface area contributed by atoms with E-state index >= 15 is 0 Å². The molecular formula is C7H14N2O2. The van der Waals surface area contributed by atoms with Gasteiger partial charge in [-0.05, 0) is 6.92 Å². The van der Waals surface area contributed by atoms with Gasteiger partial charge in [-0.15, -0.1) is 0 Å². The number of amides is 1. The first-order valence-corrected chi connectivity index (χ1v) is 3.39. The van der Waals surface area contributed by atoms with Crippen LogP contribution in [0.15, 0.2) is 12.3 Å².